The van der Waals surface area contributed by atoms with E-state index in [1.165, 1.54) is 11.3 Å². The molecule has 8 heteroatoms. The predicted octanol–water partition coefficient (Wildman–Crippen LogP) is 3.61. The molecular weight excluding hydrogens is 410 g/mol. The second kappa shape index (κ2) is 7.02. The second-order valence-electron chi connectivity index (χ2n) is 8.55. The number of hydrogen-bond acceptors (Lipinski definition) is 5. The monoisotopic (exact) mass is 433 g/mol. The minimum absolute atomic E-state index is 0.00379. The number of carbonyl (C=O) groups is 1. The first-order valence-corrected chi connectivity index (χ1v) is 11.7. The van der Waals surface area contributed by atoms with E-state index in [2.05, 4.69) is 4.98 Å². The van der Waals surface area contributed by atoms with E-state index < -0.39 is 0 Å². The normalized spacial score (nSPS) is 18.7. The van der Waals surface area contributed by atoms with Crippen LogP contribution in [-0.2, 0) is 13.0 Å². The molecule has 2 aliphatic heterocycles. The van der Waals surface area contributed by atoms with Crippen molar-refractivity contribution in [1.82, 2.24) is 24.4 Å². The Kier molecular flexibility index (Phi) is 4.24. The van der Waals surface area contributed by atoms with E-state index >= 15 is 0 Å². The number of thiophene rings is 1. The number of aromatic amines is 1. The number of H-pyrrole nitrogens is 1. The number of fused-ring (bicyclic) bond motifs is 3. The predicted molar refractivity (Wildman–Crippen MR) is 121 cm³/mol. The quantitative estimate of drug-likeness (QED) is 0.523. The summed E-state index contributed by atoms with van der Waals surface area (Å²) in [5, 5.41) is 0.616. The van der Waals surface area contributed by atoms with Gasteiger partial charge in [0, 0.05) is 32.0 Å². The van der Waals surface area contributed by atoms with Crippen molar-refractivity contribution in [1.29, 1.82) is 0 Å². The van der Waals surface area contributed by atoms with Crippen LogP contribution < -0.4 is 5.56 Å². The Bertz CT molecular complexity index is 1370. The minimum atomic E-state index is 0.00379. The van der Waals surface area contributed by atoms with Crippen molar-refractivity contribution in [3.63, 3.8) is 0 Å². The molecule has 1 saturated heterocycles. The lowest BCUT2D eigenvalue weighted by molar-refractivity contribution is 0.0709. The van der Waals surface area contributed by atoms with Gasteiger partial charge >= 0.3 is 0 Å². The van der Waals surface area contributed by atoms with Crippen molar-refractivity contribution in [3.8, 4) is 0 Å². The molecule has 1 fully saturated rings. The topological polar surface area (TPSA) is 83.9 Å². The first kappa shape index (κ1) is 18.7. The maximum atomic E-state index is 13.5. The Morgan fingerprint density at radius 1 is 1.19 bits per heavy atom. The lowest BCUT2D eigenvalue weighted by Crippen LogP contribution is -2.39. The third-order valence-electron chi connectivity index (χ3n) is 6.61. The van der Waals surface area contributed by atoms with E-state index in [4.69, 9.17) is 9.97 Å². The number of amides is 1. The van der Waals surface area contributed by atoms with Gasteiger partial charge in [-0.15, -0.1) is 11.3 Å². The van der Waals surface area contributed by atoms with Crippen LogP contribution in [0.2, 0.25) is 0 Å². The molecule has 1 unspecified atom stereocenters. The van der Waals surface area contributed by atoms with E-state index in [0.29, 0.717) is 21.6 Å². The summed E-state index contributed by atoms with van der Waals surface area (Å²) in [5.41, 5.74) is 2.77. The van der Waals surface area contributed by atoms with Gasteiger partial charge < -0.3 is 9.88 Å². The molecular formula is C23H23N5O2S. The number of likely N-dealkylation sites (tertiary alicyclic amines) is 1. The number of carbonyl (C=O) groups excluding carboxylic acids is 1. The summed E-state index contributed by atoms with van der Waals surface area (Å²) in [5.74, 6) is 1.99. The van der Waals surface area contributed by atoms with Crippen molar-refractivity contribution >= 4 is 38.5 Å². The van der Waals surface area contributed by atoms with Gasteiger partial charge in [0.2, 0.25) is 0 Å². The molecule has 0 spiro atoms. The second-order valence-corrected chi connectivity index (χ2v) is 9.55. The third kappa shape index (κ3) is 2.92. The maximum Gasteiger partial charge on any atom is 0.264 e. The van der Waals surface area contributed by atoms with Crippen LogP contribution >= 0.6 is 11.3 Å². The smallest absolute Gasteiger partial charge is 0.264 e. The molecule has 5 heterocycles. The van der Waals surface area contributed by atoms with E-state index in [9.17, 15) is 9.59 Å². The number of hydrogen-bond donors (Lipinski definition) is 1. The highest BCUT2D eigenvalue weighted by atomic mass is 32.1. The van der Waals surface area contributed by atoms with Gasteiger partial charge in [-0.3, -0.25) is 14.2 Å². The number of aromatic nitrogens is 4. The summed E-state index contributed by atoms with van der Waals surface area (Å²) in [7, 11) is 0. The number of imidazole rings is 1. The van der Waals surface area contributed by atoms with Gasteiger partial charge in [0.05, 0.1) is 21.3 Å². The van der Waals surface area contributed by atoms with Crippen molar-refractivity contribution in [2.45, 2.75) is 45.1 Å². The maximum absolute atomic E-state index is 13.5. The van der Waals surface area contributed by atoms with Gasteiger partial charge in [-0.25, -0.2) is 9.97 Å². The van der Waals surface area contributed by atoms with E-state index in [0.717, 1.165) is 67.0 Å². The Morgan fingerprint density at radius 3 is 2.94 bits per heavy atom. The molecule has 31 heavy (non-hydrogen) atoms. The fourth-order valence-electron chi connectivity index (χ4n) is 4.97. The highest BCUT2D eigenvalue weighted by Gasteiger charge is 2.30. The lowest BCUT2D eigenvalue weighted by atomic mass is 9.97. The van der Waals surface area contributed by atoms with E-state index in [1.807, 2.05) is 36.1 Å². The first-order chi connectivity index (χ1) is 15.1. The Labute approximate surface area is 182 Å². The summed E-state index contributed by atoms with van der Waals surface area (Å²) in [6, 6.07) is 8.02. The number of nitrogens with one attached hydrogen (secondary N) is 1. The average molecular weight is 434 g/mol. The number of para-hydroxylation sites is 2. The van der Waals surface area contributed by atoms with Crippen LogP contribution in [0.25, 0.3) is 21.3 Å². The minimum Gasteiger partial charge on any atom is -0.342 e. The molecule has 1 N–H and O–H groups in total. The van der Waals surface area contributed by atoms with Crippen LogP contribution in [-0.4, -0.2) is 43.4 Å². The molecule has 0 bridgehead atoms. The molecule has 4 aromatic rings. The van der Waals surface area contributed by atoms with Gasteiger partial charge in [0.15, 0.2) is 0 Å². The summed E-state index contributed by atoms with van der Waals surface area (Å²) >= 11 is 1.37. The first-order valence-electron chi connectivity index (χ1n) is 10.9. The molecule has 6 rings (SSSR count). The zero-order chi connectivity index (χ0) is 21.1. The molecule has 2 aliphatic rings. The molecule has 158 valence electrons. The van der Waals surface area contributed by atoms with Gasteiger partial charge in [-0.05, 0) is 43.9 Å². The van der Waals surface area contributed by atoms with Gasteiger partial charge in [-0.2, -0.15) is 0 Å². The highest BCUT2D eigenvalue weighted by Crippen LogP contribution is 2.32. The van der Waals surface area contributed by atoms with Crippen molar-refractivity contribution in [2.75, 3.05) is 13.1 Å². The van der Waals surface area contributed by atoms with Crippen molar-refractivity contribution in [2.24, 2.45) is 0 Å². The Morgan fingerprint density at radius 2 is 2.06 bits per heavy atom. The van der Waals surface area contributed by atoms with Crippen LogP contribution in [0.15, 0.2) is 29.1 Å². The SMILES string of the molecule is Cc1c(C(=O)N2CCCC(c3nc4ccccc4[nH]3)C2)sc2nc3n(c(=O)c12)CCC3. The zero-order valence-corrected chi connectivity index (χ0v) is 18.2. The standard InChI is InChI=1S/C23H23N5O2S/c1-13-18-21(26-17-9-5-11-28(17)22(18)29)31-19(13)23(30)27-10-4-6-14(12-27)20-24-15-7-2-3-8-16(15)25-20/h2-3,7-8,14H,4-6,9-12H2,1H3,(H,24,25). The zero-order valence-electron chi connectivity index (χ0n) is 17.4. The third-order valence-corrected chi connectivity index (χ3v) is 7.78. The summed E-state index contributed by atoms with van der Waals surface area (Å²) in [4.78, 5) is 42.6. The number of nitrogens with zero attached hydrogens (tertiary/aromatic N) is 4. The number of rotatable bonds is 2. The molecule has 0 aliphatic carbocycles. The van der Waals surface area contributed by atoms with Crippen LogP contribution in [0.4, 0.5) is 0 Å². The molecule has 0 saturated carbocycles. The summed E-state index contributed by atoms with van der Waals surface area (Å²) < 4.78 is 1.77. The largest absolute Gasteiger partial charge is 0.342 e. The average Bonchev–Trinajstić information content (AvgIpc) is 3.50. The molecule has 1 amide bonds. The molecule has 1 atom stereocenters. The van der Waals surface area contributed by atoms with Gasteiger partial charge in [0.25, 0.3) is 11.5 Å². The van der Waals surface area contributed by atoms with E-state index in [1.54, 1.807) is 4.57 Å². The number of aryl methyl sites for hydroxylation is 2. The number of benzene rings is 1. The molecule has 1 aromatic carbocycles. The number of piperidine rings is 1. The fourth-order valence-corrected chi connectivity index (χ4v) is 6.13. The van der Waals surface area contributed by atoms with Crippen LogP contribution in [0.5, 0.6) is 0 Å². The van der Waals surface area contributed by atoms with Crippen LogP contribution in [0.3, 0.4) is 0 Å². The fraction of sp³-hybridized carbons (Fsp3) is 0.391. The molecule has 0 radical (unpaired) electrons. The van der Waals surface area contributed by atoms with Crippen LogP contribution in [0, 0.1) is 6.92 Å². The van der Waals surface area contributed by atoms with E-state index in [-0.39, 0.29) is 17.4 Å². The van der Waals surface area contributed by atoms with Gasteiger partial charge in [-0.1, -0.05) is 12.1 Å². The summed E-state index contributed by atoms with van der Waals surface area (Å²) in [6.45, 7) is 3.97. The highest BCUT2D eigenvalue weighted by molar-refractivity contribution is 7.20. The molecule has 3 aromatic heterocycles. The molecule has 7 nitrogen and oxygen atoms in total. The Hall–Kier alpha value is -3.00. The van der Waals surface area contributed by atoms with Crippen molar-refractivity contribution < 1.29 is 4.79 Å². The van der Waals surface area contributed by atoms with Gasteiger partial charge in [0.1, 0.15) is 16.5 Å². The Balaban J connectivity index is 1.32. The van der Waals surface area contributed by atoms with Crippen LogP contribution in [0.1, 0.15) is 52.1 Å². The lowest BCUT2D eigenvalue weighted by Gasteiger charge is -2.31. The summed E-state index contributed by atoms with van der Waals surface area (Å²) in [6.07, 6.45) is 3.73. The van der Waals surface area contributed by atoms with Crippen molar-refractivity contribution in [3.05, 3.63) is 56.7 Å².